The van der Waals surface area contributed by atoms with Crippen LogP contribution in [0.15, 0.2) is 18.3 Å². The zero-order valence-electron chi connectivity index (χ0n) is 11.9. The fraction of sp³-hybridized carbons (Fsp3) is 0.462. The van der Waals surface area contributed by atoms with Crippen LogP contribution in [-0.2, 0) is 9.84 Å². The van der Waals surface area contributed by atoms with E-state index in [9.17, 15) is 13.2 Å². The largest absolute Gasteiger partial charge is 0.338 e. The predicted molar refractivity (Wildman–Crippen MR) is 76.9 cm³/mol. The first-order chi connectivity index (χ1) is 9.87. The van der Waals surface area contributed by atoms with Crippen LogP contribution in [0, 0.1) is 6.92 Å². The molecule has 3 heterocycles. The molecule has 0 spiro atoms. The van der Waals surface area contributed by atoms with E-state index in [1.54, 1.807) is 29.8 Å². The summed E-state index contributed by atoms with van der Waals surface area (Å²) in [4.78, 5) is 14.0. The first-order valence-corrected chi connectivity index (χ1v) is 8.48. The molecule has 0 aliphatic carbocycles. The van der Waals surface area contributed by atoms with E-state index in [0.29, 0.717) is 17.6 Å². The molecule has 0 N–H and O–H groups in total. The number of rotatable bonds is 2. The molecule has 3 rings (SSSR count). The van der Waals surface area contributed by atoms with Crippen LogP contribution in [0.5, 0.6) is 0 Å². The molecular weight excluding hydrogens is 292 g/mol. The quantitative estimate of drug-likeness (QED) is 0.796. The van der Waals surface area contributed by atoms with Crippen molar-refractivity contribution in [3.05, 3.63) is 29.7 Å². The summed E-state index contributed by atoms with van der Waals surface area (Å²) in [6, 6.07) is 3.12. The molecule has 0 aromatic carbocycles. The van der Waals surface area contributed by atoms with Gasteiger partial charge in [0.15, 0.2) is 15.5 Å². The Morgan fingerprint density at radius 2 is 2.19 bits per heavy atom. The van der Waals surface area contributed by atoms with Crippen molar-refractivity contribution in [3.63, 3.8) is 0 Å². The Bertz CT molecular complexity index is 812. The third-order valence-electron chi connectivity index (χ3n) is 3.90. The van der Waals surface area contributed by atoms with Crippen LogP contribution >= 0.6 is 0 Å². The van der Waals surface area contributed by atoms with Crippen LogP contribution < -0.4 is 0 Å². The minimum atomic E-state index is -3.01. The van der Waals surface area contributed by atoms with Crippen LogP contribution in [0.25, 0.3) is 5.65 Å². The molecule has 1 aliphatic heterocycles. The van der Waals surface area contributed by atoms with Crippen LogP contribution in [0.4, 0.5) is 0 Å². The number of pyridine rings is 1. The molecule has 21 heavy (non-hydrogen) atoms. The first-order valence-electron chi connectivity index (χ1n) is 6.66. The van der Waals surface area contributed by atoms with E-state index in [4.69, 9.17) is 0 Å². The number of nitrogens with zero attached hydrogens (tertiary/aromatic N) is 4. The maximum atomic E-state index is 12.5. The lowest BCUT2D eigenvalue weighted by Gasteiger charge is -2.23. The van der Waals surface area contributed by atoms with E-state index >= 15 is 0 Å². The second-order valence-electron chi connectivity index (χ2n) is 5.36. The summed E-state index contributed by atoms with van der Waals surface area (Å²) in [5, 5.41) is 7.93. The third-order valence-corrected chi connectivity index (χ3v) is 5.65. The van der Waals surface area contributed by atoms with Crippen molar-refractivity contribution in [3.8, 4) is 0 Å². The molecule has 1 aliphatic rings. The number of sulfone groups is 1. The number of aryl methyl sites for hydroxylation is 1. The Morgan fingerprint density at radius 3 is 2.86 bits per heavy atom. The van der Waals surface area contributed by atoms with Gasteiger partial charge in [0.05, 0.1) is 11.5 Å². The number of carbonyl (C=O) groups excluding carboxylic acids is 1. The topological polar surface area (TPSA) is 84.6 Å². The number of hydrogen-bond donors (Lipinski definition) is 0. The van der Waals surface area contributed by atoms with Gasteiger partial charge in [-0.3, -0.25) is 9.20 Å². The minimum Gasteiger partial charge on any atom is -0.338 e. The van der Waals surface area contributed by atoms with Crippen molar-refractivity contribution in [2.24, 2.45) is 0 Å². The van der Waals surface area contributed by atoms with Crippen molar-refractivity contribution >= 4 is 21.4 Å². The molecule has 1 unspecified atom stereocenters. The molecule has 2 aromatic heterocycles. The van der Waals surface area contributed by atoms with Gasteiger partial charge >= 0.3 is 0 Å². The summed E-state index contributed by atoms with van der Waals surface area (Å²) in [5.41, 5.74) is 1.09. The normalized spacial score (nSPS) is 20.8. The molecule has 7 nitrogen and oxygen atoms in total. The highest BCUT2D eigenvalue weighted by Crippen LogP contribution is 2.19. The Balaban J connectivity index is 1.86. The molecule has 1 fully saturated rings. The first kappa shape index (κ1) is 14.0. The highest BCUT2D eigenvalue weighted by Gasteiger charge is 2.33. The van der Waals surface area contributed by atoms with Gasteiger partial charge in [0.25, 0.3) is 5.91 Å². The highest BCUT2D eigenvalue weighted by molar-refractivity contribution is 7.91. The van der Waals surface area contributed by atoms with Gasteiger partial charge in [0.2, 0.25) is 0 Å². The van der Waals surface area contributed by atoms with Crippen molar-refractivity contribution < 1.29 is 13.2 Å². The third kappa shape index (κ3) is 2.51. The Kier molecular flexibility index (Phi) is 3.20. The summed E-state index contributed by atoms with van der Waals surface area (Å²) in [6.07, 6.45) is 2.24. The molecule has 2 aromatic rings. The lowest BCUT2D eigenvalue weighted by molar-refractivity contribution is 0.0747. The summed E-state index contributed by atoms with van der Waals surface area (Å²) >= 11 is 0. The Labute approximate surface area is 122 Å². The average Bonchev–Trinajstić information content (AvgIpc) is 3.00. The summed E-state index contributed by atoms with van der Waals surface area (Å²) < 4.78 is 24.8. The summed E-state index contributed by atoms with van der Waals surface area (Å²) in [6.45, 7) is 1.83. The van der Waals surface area contributed by atoms with E-state index in [2.05, 4.69) is 10.2 Å². The highest BCUT2D eigenvalue weighted by atomic mass is 32.2. The van der Waals surface area contributed by atoms with E-state index in [1.807, 2.05) is 6.92 Å². The van der Waals surface area contributed by atoms with Crippen molar-refractivity contribution in [1.29, 1.82) is 0 Å². The van der Waals surface area contributed by atoms with Crippen LogP contribution in [-0.4, -0.2) is 58.4 Å². The predicted octanol–water partition coefficient (Wildman–Crippen LogP) is 0.297. The van der Waals surface area contributed by atoms with E-state index in [0.717, 1.165) is 5.82 Å². The van der Waals surface area contributed by atoms with Gasteiger partial charge in [0.1, 0.15) is 5.82 Å². The zero-order chi connectivity index (χ0) is 15.2. The average molecular weight is 308 g/mol. The smallest absolute Gasteiger partial charge is 0.254 e. The number of amides is 1. The van der Waals surface area contributed by atoms with Gasteiger partial charge in [-0.05, 0) is 25.5 Å². The second-order valence-corrected chi connectivity index (χ2v) is 7.59. The second kappa shape index (κ2) is 4.80. The van der Waals surface area contributed by atoms with Gasteiger partial charge in [-0.2, -0.15) is 0 Å². The van der Waals surface area contributed by atoms with E-state index in [1.165, 1.54) is 4.90 Å². The molecule has 0 bridgehead atoms. The minimum absolute atomic E-state index is 0.0432. The van der Waals surface area contributed by atoms with Crippen molar-refractivity contribution in [2.75, 3.05) is 18.6 Å². The molecule has 8 heteroatoms. The molecule has 1 saturated heterocycles. The van der Waals surface area contributed by atoms with Gasteiger partial charge in [0, 0.05) is 24.8 Å². The van der Waals surface area contributed by atoms with Gasteiger partial charge in [-0.1, -0.05) is 0 Å². The molecule has 112 valence electrons. The van der Waals surface area contributed by atoms with Gasteiger partial charge < -0.3 is 4.90 Å². The van der Waals surface area contributed by atoms with Gasteiger partial charge in [-0.25, -0.2) is 8.42 Å². The number of aromatic nitrogens is 3. The lowest BCUT2D eigenvalue weighted by Crippen LogP contribution is -2.37. The zero-order valence-corrected chi connectivity index (χ0v) is 12.7. The van der Waals surface area contributed by atoms with Crippen LogP contribution in [0.2, 0.25) is 0 Å². The summed E-state index contributed by atoms with van der Waals surface area (Å²) in [5.74, 6) is 0.749. The molecule has 1 amide bonds. The van der Waals surface area contributed by atoms with Crippen molar-refractivity contribution in [1.82, 2.24) is 19.5 Å². The number of fused-ring (bicyclic) bond motifs is 1. The molecule has 0 radical (unpaired) electrons. The maximum absolute atomic E-state index is 12.5. The van der Waals surface area contributed by atoms with E-state index < -0.39 is 9.84 Å². The molecule has 1 atom stereocenters. The van der Waals surface area contributed by atoms with Crippen molar-refractivity contribution in [2.45, 2.75) is 19.4 Å². The van der Waals surface area contributed by atoms with E-state index in [-0.39, 0.29) is 23.5 Å². The Morgan fingerprint density at radius 1 is 1.43 bits per heavy atom. The lowest BCUT2D eigenvalue weighted by atomic mass is 10.2. The van der Waals surface area contributed by atoms with Gasteiger partial charge in [-0.15, -0.1) is 10.2 Å². The molecule has 0 saturated carbocycles. The standard InChI is InChI=1S/C13H16N4O3S/c1-9-14-15-12-7-10(3-5-17(9)12)13(18)16(2)11-4-6-21(19,20)8-11/h3,5,7,11H,4,6,8H2,1-2H3. The Hall–Kier alpha value is -1.96. The number of carbonyl (C=O) groups is 1. The maximum Gasteiger partial charge on any atom is 0.254 e. The number of hydrogen-bond acceptors (Lipinski definition) is 5. The molecular formula is C13H16N4O3S. The van der Waals surface area contributed by atoms with Crippen LogP contribution in [0.1, 0.15) is 22.6 Å². The van der Waals surface area contributed by atoms with Crippen LogP contribution in [0.3, 0.4) is 0 Å². The summed E-state index contributed by atoms with van der Waals surface area (Å²) in [7, 11) is -1.36. The SMILES string of the molecule is Cc1nnc2cc(C(=O)N(C)C3CCS(=O)(=O)C3)ccn12. The fourth-order valence-corrected chi connectivity index (χ4v) is 4.37. The monoisotopic (exact) mass is 308 g/mol. The fourth-order valence-electron chi connectivity index (χ4n) is 2.59.